The van der Waals surface area contributed by atoms with Gasteiger partial charge in [-0.25, -0.2) is 9.97 Å². The lowest BCUT2D eigenvalue weighted by molar-refractivity contribution is 0.0945. The Labute approximate surface area is 131 Å². The molecule has 0 spiro atoms. The first-order valence-corrected chi connectivity index (χ1v) is 7.59. The normalized spacial score (nSPS) is 10.3. The molecule has 2 rings (SSSR count). The summed E-state index contributed by atoms with van der Waals surface area (Å²) < 4.78 is 0. The minimum absolute atomic E-state index is 0.212. The van der Waals surface area contributed by atoms with Crippen LogP contribution in [0.3, 0.4) is 0 Å². The number of aromatic nitrogens is 2. The summed E-state index contributed by atoms with van der Waals surface area (Å²) in [5, 5.41) is 6.04. The van der Waals surface area contributed by atoms with Crippen LogP contribution in [-0.2, 0) is 6.54 Å². The van der Waals surface area contributed by atoms with Crippen LogP contribution < -0.4 is 10.6 Å². The second-order valence-corrected chi connectivity index (χ2v) is 5.18. The van der Waals surface area contributed by atoms with Crippen molar-refractivity contribution in [2.24, 2.45) is 0 Å². The monoisotopic (exact) mass is 298 g/mol. The van der Waals surface area contributed by atoms with Crippen molar-refractivity contribution in [2.75, 3.05) is 11.9 Å². The summed E-state index contributed by atoms with van der Waals surface area (Å²) in [6.45, 7) is 5.51. The Morgan fingerprint density at radius 1 is 1.18 bits per heavy atom. The predicted octanol–water partition coefficient (Wildman–Crippen LogP) is 2.93. The molecule has 116 valence electrons. The molecule has 1 aromatic heterocycles. The molecule has 5 nitrogen and oxygen atoms in total. The number of carbonyl (C=O) groups is 1. The molecule has 2 N–H and O–H groups in total. The average Bonchev–Trinajstić information content (AvgIpc) is 2.55. The average molecular weight is 298 g/mol. The van der Waals surface area contributed by atoms with E-state index in [1.54, 1.807) is 6.20 Å². The quantitative estimate of drug-likeness (QED) is 0.771. The van der Waals surface area contributed by atoms with Gasteiger partial charge in [0.2, 0.25) is 0 Å². The third-order valence-corrected chi connectivity index (χ3v) is 3.42. The number of aryl methyl sites for hydroxylation is 1. The Morgan fingerprint density at radius 2 is 2.00 bits per heavy atom. The highest BCUT2D eigenvalue weighted by molar-refractivity contribution is 5.91. The molecule has 0 aliphatic rings. The van der Waals surface area contributed by atoms with E-state index in [0.717, 1.165) is 30.5 Å². The van der Waals surface area contributed by atoms with Crippen LogP contribution in [0.2, 0.25) is 0 Å². The van der Waals surface area contributed by atoms with E-state index in [4.69, 9.17) is 0 Å². The Morgan fingerprint density at radius 3 is 2.68 bits per heavy atom. The van der Waals surface area contributed by atoms with Gasteiger partial charge in [0.15, 0.2) is 0 Å². The van der Waals surface area contributed by atoms with Gasteiger partial charge < -0.3 is 10.6 Å². The van der Waals surface area contributed by atoms with Crippen LogP contribution in [0.5, 0.6) is 0 Å². The summed E-state index contributed by atoms with van der Waals surface area (Å²) in [6.07, 6.45) is 5.31. The van der Waals surface area contributed by atoms with E-state index in [0.29, 0.717) is 18.1 Å². The molecule has 0 radical (unpaired) electrons. The molecular formula is C17H22N4O. The number of benzene rings is 1. The van der Waals surface area contributed by atoms with E-state index in [1.807, 2.05) is 31.2 Å². The van der Waals surface area contributed by atoms with Gasteiger partial charge in [-0.15, -0.1) is 0 Å². The van der Waals surface area contributed by atoms with Gasteiger partial charge in [0.1, 0.15) is 11.5 Å². The van der Waals surface area contributed by atoms with E-state index < -0.39 is 0 Å². The number of anilines is 1. The first-order valence-electron chi connectivity index (χ1n) is 7.59. The van der Waals surface area contributed by atoms with Crippen LogP contribution in [0.4, 0.5) is 5.82 Å². The molecule has 2 aromatic rings. The summed E-state index contributed by atoms with van der Waals surface area (Å²) >= 11 is 0. The molecule has 1 aromatic carbocycles. The Balaban J connectivity index is 1.88. The zero-order valence-corrected chi connectivity index (χ0v) is 13.1. The van der Waals surface area contributed by atoms with E-state index >= 15 is 0 Å². The van der Waals surface area contributed by atoms with Crippen LogP contribution in [0.1, 0.15) is 41.4 Å². The topological polar surface area (TPSA) is 66.9 Å². The summed E-state index contributed by atoms with van der Waals surface area (Å²) in [6, 6.07) is 7.97. The smallest absolute Gasteiger partial charge is 0.271 e. The predicted molar refractivity (Wildman–Crippen MR) is 87.8 cm³/mol. The summed E-state index contributed by atoms with van der Waals surface area (Å²) in [4.78, 5) is 20.4. The highest BCUT2D eigenvalue weighted by Crippen LogP contribution is 2.07. The fourth-order valence-electron chi connectivity index (χ4n) is 2.00. The van der Waals surface area contributed by atoms with E-state index in [9.17, 15) is 4.79 Å². The van der Waals surface area contributed by atoms with Gasteiger partial charge in [0.05, 0.1) is 12.4 Å². The lowest BCUT2D eigenvalue weighted by atomic mass is 10.1. The maximum atomic E-state index is 12.1. The molecule has 5 heteroatoms. The van der Waals surface area contributed by atoms with E-state index in [1.165, 1.54) is 6.20 Å². The van der Waals surface area contributed by atoms with E-state index in [-0.39, 0.29) is 5.91 Å². The Hall–Kier alpha value is -2.43. The lowest BCUT2D eigenvalue weighted by Gasteiger charge is -2.08. The van der Waals surface area contributed by atoms with Crippen LogP contribution in [0, 0.1) is 6.92 Å². The van der Waals surface area contributed by atoms with Crippen LogP contribution in [0.25, 0.3) is 0 Å². The van der Waals surface area contributed by atoms with Crippen LogP contribution in [0.15, 0.2) is 36.7 Å². The van der Waals surface area contributed by atoms with Gasteiger partial charge in [-0.3, -0.25) is 4.79 Å². The molecule has 0 aliphatic carbocycles. The number of nitrogens with zero attached hydrogens (tertiary/aromatic N) is 2. The number of hydrogen-bond acceptors (Lipinski definition) is 4. The number of unbranched alkanes of at least 4 members (excludes halogenated alkanes) is 1. The minimum atomic E-state index is -0.212. The number of carbonyl (C=O) groups excluding carboxylic acids is 1. The second-order valence-electron chi connectivity index (χ2n) is 5.18. The van der Waals surface area contributed by atoms with Crippen molar-refractivity contribution in [3.63, 3.8) is 0 Å². The van der Waals surface area contributed by atoms with Crippen LogP contribution >= 0.6 is 0 Å². The molecule has 0 saturated carbocycles. The third kappa shape index (κ3) is 4.55. The van der Waals surface area contributed by atoms with Crippen molar-refractivity contribution >= 4 is 11.7 Å². The SMILES string of the molecule is CCCCNc1cnc(C(=O)NCc2ccccc2C)cn1. The molecule has 0 unspecified atom stereocenters. The summed E-state index contributed by atoms with van der Waals surface area (Å²) in [5.74, 6) is 0.486. The maximum Gasteiger partial charge on any atom is 0.271 e. The molecule has 22 heavy (non-hydrogen) atoms. The van der Waals surface area contributed by atoms with Gasteiger partial charge >= 0.3 is 0 Å². The molecular weight excluding hydrogens is 276 g/mol. The molecule has 0 fully saturated rings. The van der Waals surface area contributed by atoms with Gasteiger partial charge in [-0.1, -0.05) is 37.6 Å². The van der Waals surface area contributed by atoms with Gasteiger partial charge in [0.25, 0.3) is 5.91 Å². The molecule has 0 saturated heterocycles. The van der Waals surface area contributed by atoms with Crippen LogP contribution in [-0.4, -0.2) is 22.4 Å². The lowest BCUT2D eigenvalue weighted by Crippen LogP contribution is -2.24. The standard InChI is InChI=1S/C17H22N4O/c1-3-4-9-18-16-12-19-15(11-20-16)17(22)21-10-14-8-6-5-7-13(14)2/h5-8,11-12H,3-4,9-10H2,1-2H3,(H,18,20)(H,21,22). The van der Waals surface area contributed by atoms with Crippen molar-refractivity contribution in [3.05, 3.63) is 53.5 Å². The van der Waals surface area contributed by atoms with Crippen molar-refractivity contribution in [2.45, 2.75) is 33.2 Å². The minimum Gasteiger partial charge on any atom is -0.369 e. The summed E-state index contributed by atoms with van der Waals surface area (Å²) in [7, 11) is 0. The second kappa shape index (κ2) is 8.12. The van der Waals surface area contributed by atoms with Gasteiger partial charge in [0, 0.05) is 13.1 Å². The molecule has 0 aliphatic heterocycles. The first-order chi connectivity index (χ1) is 10.7. The summed E-state index contributed by atoms with van der Waals surface area (Å²) in [5.41, 5.74) is 2.58. The zero-order chi connectivity index (χ0) is 15.8. The zero-order valence-electron chi connectivity index (χ0n) is 13.1. The maximum absolute atomic E-state index is 12.1. The fraction of sp³-hybridized carbons (Fsp3) is 0.353. The van der Waals surface area contributed by atoms with Crippen molar-refractivity contribution in [3.8, 4) is 0 Å². The number of amides is 1. The highest BCUT2D eigenvalue weighted by Gasteiger charge is 2.08. The molecule has 0 bridgehead atoms. The Kier molecular flexibility index (Phi) is 5.89. The number of rotatable bonds is 7. The van der Waals surface area contributed by atoms with E-state index in [2.05, 4.69) is 27.5 Å². The number of hydrogen-bond donors (Lipinski definition) is 2. The largest absolute Gasteiger partial charge is 0.369 e. The van der Waals surface area contributed by atoms with Crippen molar-refractivity contribution in [1.29, 1.82) is 0 Å². The fourth-order valence-corrected chi connectivity index (χ4v) is 2.00. The molecule has 0 atom stereocenters. The first kappa shape index (κ1) is 15.9. The van der Waals surface area contributed by atoms with Gasteiger partial charge in [-0.05, 0) is 24.5 Å². The Bertz CT molecular complexity index is 610. The highest BCUT2D eigenvalue weighted by atomic mass is 16.1. The third-order valence-electron chi connectivity index (χ3n) is 3.42. The molecule has 1 amide bonds. The van der Waals surface area contributed by atoms with Gasteiger partial charge in [-0.2, -0.15) is 0 Å². The molecule has 1 heterocycles. The van der Waals surface area contributed by atoms with Crippen molar-refractivity contribution in [1.82, 2.24) is 15.3 Å². The number of nitrogens with one attached hydrogen (secondary N) is 2. The van der Waals surface area contributed by atoms with Crippen molar-refractivity contribution < 1.29 is 4.79 Å².